The highest BCUT2D eigenvalue weighted by molar-refractivity contribution is 5.57. The average molecular weight is 277 g/mol. The van der Waals surface area contributed by atoms with E-state index in [-0.39, 0.29) is 0 Å². The van der Waals surface area contributed by atoms with E-state index >= 15 is 0 Å². The maximum atomic E-state index is 4.39. The minimum Gasteiger partial charge on any atom is -0.370 e. The molecule has 0 radical (unpaired) electrons. The lowest BCUT2D eigenvalue weighted by atomic mass is 10.2. The van der Waals surface area contributed by atoms with Crippen LogP contribution >= 0.6 is 0 Å². The van der Waals surface area contributed by atoms with Crippen molar-refractivity contribution < 1.29 is 0 Å². The Morgan fingerprint density at radius 1 is 1.10 bits per heavy atom. The normalized spacial score (nSPS) is 15.5. The van der Waals surface area contributed by atoms with Gasteiger partial charge in [-0.15, -0.1) is 0 Å². The van der Waals surface area contributed by atoms with Crippen molar-refractivity contribution in [1.82, 2.24) is 14.9 Å². The van der Waals surface area contributed by atoms with Crippen LogP contribution < -0.4 is 10.6 Å². The molecular weight excluding hydrogens is 250 g/mol. The van der Waals surface area contributed by atoms with E-state index in [2.05, 4.69) is 39.3 Å². The third kappa shape index (κ3) is 4.07. The second-order valence-corrected chi connectivity index (χ2v) is 5.26. The van der Waals surface area contributed by atoms with Crippen LogP contribution in [0.25, 0.3) is 0 Å². The first-order chi connectivity index (χ1) is 9.85. The zero-order valence-corrected chi connectivity index (χ0v) is 12.8. The number of likely N-dealkylation sites (tertiary alicyclic amines) is 1. The first-order valence-electron chi connectivity index (χ1n) is 7.89. The zero-order valence-electron chi connectivity index (χ0n) is 12.8. The van der Waals surface area contributed by atoms with E-state index in [0.29, 0.717) is 0 Å². The fourth-order valence-electron chi connectivity index (χ4n) is 2.74. The monoisotopic (exact) mass is 277 g/mol. The summed E-state index contributed by atoms with van der Waals surface area (Å²) in [5.41, 5.74) is 1.19. The van der Waals surface area contributed by atoms with E-state index in [0.717, 1.165) is 31.1 Å². The lowest BCUT2D eigenvalue weighted by molar-refractivity contribution is 0.337. The molecule has 5 nitrogen and oxygen atoms in total. The molecule has 2 heterocycles. The van der Waals surface area contributed by atoms with Crippen LogP contribution in [0.3, 0.4) is 0 Å². The van der Waals surface area contributed by atoms with Crippen LogP contribution in [0.15, 0.2) is 6.33 Å². The van der Waals surface area contributed by atoms with Gasteiger partial charge in [-0.3, -0.25) is 0 Å². The molecule has 0 spiro atoms. The van der Waals surface area contributed by atoms with E-state index in [4.69, 9.17) is 0 Å². The first kappa shape index (κ1) is 15.0. The average Bonchev–Trinajstić information content (AvgIpc) is 2.97. The molecule has 1 aromatic heterocycles. The molecule has 0 atom stereocenters. The van der Waals surface area contributed by atoms with Crippen LogP contribution in [0.4, 0.5) is 11.6 Å². The summed E-state index contributed by atoms with van der Waals surface area (Å²) in [5, 5.41) is 6.77. The van der Waals surface area contributed by atoms with Crippen molar-refractivity contribution in [2.75, 3.05) is 43.4 Å². The molecule has 1 aliphatic heterocycles. The number of rotatable bonds is 8. The standard InChI is InChI=1S/C15H27N5/c1-3-13-14(16-4-2)18-12-19-15(13)17-8-7-11-20-9-5-6-10-20/h12H,3-11H2,1-2H3,(H2,16,17,18,19). The van der Waals surface area contributed by atoms with Gasteiger partial charge in [-0.1, -0.05) is 6.92 Å². The van der Waals surface area contributed by atoms with Crippen molar-refractivity contribution in [3.8, 4) is 0 Å². The summed E-state index contributed by atoms with van der Waals surface area (Å²) in [6.45, 7) is 9.85. The largest absolute Gasteiger partial charge is 0.370 e. The quantitative estimate of drug-likeness (QED) is 0.715. The van der Waals surface area contributed by atoms with Crippen molar-refractivity contribution in [3.05, 3.63) is 11.9 Å². The lowest BCUT2D eigenvalue weighted by Gasteiger charge is -2.16. The van der Waals surface area contributed by atoms with E-state index in [1.807, 2.05) is 0 Å². The second kappa shape index (κ2) is 8.04. The van der Waals surface area contributed by atoms with Crippen LogP contribution in [0, 0.1) is 0 Å². The van der Waals surface area contributed by atoms with Crippen LogP contribution in [0.2, 0.25) is 0 Å². The Labute approximate surface area is 122 Å². The molecule has 0 aliphatic carbocycles. The summed E-state index contributed by atoms with van der Waals surface area (Å²) in [6, 6.07) is 0. The summed E-state index contributed by atoms with van der Waals surface area (Å²) < 4.78 is 0. The van der Waals surface area contributed by atoms with Gasteiger partial charge in [-0.2, -0.15) is 0 Å². The highest BCUT2D eigenvalue weighted by Crippen LogP contribution is 2.20. The third-order valence-corrected chi connectivity index (χ3v) is 3.79. The van der Waals surface area contributed by atoms with Gasteiger partial charge in [0, 0.05) is 18.7 Å². The smallest absolute Gasteiger partial charge is 0.134 e. The Morgan fingerprint density at radius 2 is 1.80 bits per heavy atom. The first-order valence-corrected chi connectivity index (χ1v) is 7.89. The maximum absolute atomic E-state index is 4.39. The molecule has 0 bridgehead atoms. The van der Waals surface area contributed by atoms with Crippen molar-refractivity contribution in [1.29, 1.82) is 0 Å². The van der Waals surface area contributed by atoms with Gasteiger partial charge in [0.25, 0.3) is 0 Å². The minimum absolute atomic E-state index is 0.887. The van der Waals surface area contributed by atoms with Gasteiger partial charge in [-0.25, -0.2) is 9.97 Å². The number of nitrogens with one attached hydrogen (secondary N) is 2. The Kier molecular flexibility index (Phi) is 6.05. The van der Waals surface area contributed by atoms with Gasteiger partial charge in [0.1, 0.15) is 18.0 Å². The summed E-state index contributed by atoms with van der Waals surface area (Å²) in [4.78, 5) is 11.3. The van der Waals surface area contributed by atoms with Crippen LogP contribution in [0.1, 0.15) is 38.7 Å². The molecule has 20 heavy (non-hydrogen) atoms. The molecule has 0 unspecified atom stereocenters. The molecule has 0 amide bonds. The molecule has 112 valence electrons. The molecule has 1 saturated heterocycles. The summed E-state index contributed by atoms with van der Waals surface area (Å²) >= 11 is 0. The number of anilines is 2. The molecule has 2 rings (SSSR count). The highest BCUT2D eigenvalue weighted by atomic mass is 15.1. The highest BCUT2D eigenvalue weighted by Gasteiger charge is 2.11. The fourth-order valence-corrected chi connectivity index (χ4v) is 2.74. The number of hydrogen-bond donors (Lipinski definition) is 2. The van der Waals surface area contributed by atoms with Crippen molar-refractivity contribution in [2.45, 2.75) is 39.5 Å². The van der Waals surface area contributed by atoms with Crippen LogP contribution in [0.5, 0.6) is 0 Å². The predicted molar refractivity (Wildman–Crippen MR) is 84.4 cm³/mol. The molecule has 2 N–H and O–H groups in total. The van der Waals surface area contributed by atoms with Gasteiger partial charge in [0.05, 0.1) is 0 Å². The molecule has 1 aliphatic rings. The SMILES string of the molecule is CCNc1ncnc(NCCCN2CCCC2)c1CC. The zero-order chi connectivity index (χ0) is 14.2. The Morgan fingerprint density at radius 3 is 2.45 bits per heavy atom. The van der Waals surface area contributed by atoms with E-state index in [1.165, 1.54) is 44.5 Å². The van der Waals surface area contributed by atoms with Gasteiger partial charge in [-0.05, 0) is 52.2 Å². The Balaban J connectivity index is 1.83. The minimum atomic E-state index is 0.887. The maximum Gasteiger partial charge on any atom is 0.134 e. The van der Waals surface area contributed by atoms with Gasteiger partial charge in [0.15, 0.2) is 0 Å². The van der Waals surface area contributed by atoms with Crippen LogP contribution in [-0.2, 0) is 6.42 Å². The van der Waals surface area contributed by atoms with Crippen molar-refractivity contribution >= 4 is 11.6 Å². The third-order valence-electron chi connectivity index (χ3n) is 3.79. The number of aromatic nitrogens is 2. The lowest BCUT2D eigenvalue weighted by Crippen LogP contribution is -2.22. The number of hydrogen-bond acceptors (Lipinski definition) is 5. The van der Waals surface area contributed by atoms with Gasteiger partial charge < -0.3 is 15.5 Å². The topological polar surface area (TPSA) is 53.1 Å². The van der Waals surface area contributed by atoms with E-state index in [9.17, 15) is 0 Å². The summed E-state index contributed by atoms with van der Waals surface area (Å²) in [5.74, 6) is 1.95. The molecule has 5 heteroatoms. The molecule has 1 aromatic rings. The fraction of sp³-hybridized carbons (Fsp3) is 0.733. The van der Waals surface area contributed by atoms with E-state index in [1.54, 1.807) is 6.33 Å². The predicted octanol–water partition coefficient (Wildman–Crippen LogP) is 2.37. The summed E-state index contributed by atoms with van der Waals surface area (Å²) in [6.07, 6.45) is 6.48. The molecule has 1 fully saturated rings. The van der Waals surface area contributed by atoms with Gasteiger partial charge >= 0.3 is 0 Å². The Bertz CT molecular complexity index is 401. The second-order valence-electron chi connectivity index (χ2n) is 5.26. The van der Waals surface area contributed by atoms with Crippen molar-refractivity contribution in [2.24, 2.45) is 0 Å². The van der Waals surface area contributed by atoms with Crippen molar-refractivity contribution in [3.63, 3.8) is 0 Å². The summed E-state index contributed by atoms with van der Waals surface area (Å²) in [7, 11) is 0. The molecule has 0 aromatic carbocycles. The molecule has 0 saturated carbocycles. The van der Waals surface area contributed by atoms with E-state index < -0.39 is 0 Å². The molecular formula is C15H27N5. The Hall–Kier alpha value is -1.36. The number of nitrogens with zero attached hydrogens (tertiary/aromatic N) is 3. The van der Waals surface area contributed by atoms with Gasteiger partial charge in [0.2, 0.25) is 0 Å². The van der Waals surface area contributed by atoms with Crippen LogP contribution in [-0.4, -0.2) is 47.6 Å².